The molecule has 0 unspecified atom stereocenters. The summed E-state index contributed by atoms with van der Waals surface area (Å²) >= 11 is 2.94. The molecule has 512 valence electrons. The van der Waals surface area contributed by atoms with Crippen molar-refractivity contribution in [2.24, 2.45) is 0 Å². The number of carboxylic acids is 3. The number of esters is 5. The van der Waals surface area contributed by atoms with Crippen LogP contribution in [0.5, 0.6) is 51.7 Å². The van der Waals surface area contributed by atoms with Gasteiger partial charge in [0.15, 0.2) is 37.2 Å². The molecule has 5 aromatic carbocycles. The zero-order chi connectivity index (χ0) is 67.7. The van der Waals surface area contributed by atoms with Crippen molar-refractivity contribution in [3.63, 3.8) is 0 Å². The Balaban J connectivity index is -0.000000249. The standard InChI is InChI=1S/C13H16O6.C13H14O4.C10H10O6.C9H8O3.C8H8O4.C5H8O2.C4H7BrO2.CH4.Al.Li.Na.H2O.4H/c1-4-18-11(14)8-19-10-7-5-6-9(16-2)12(10)13(15)17-3;1-3-16-12(14)7-9-8-17-11-6-4-5-10(15-2)13(9)11;1-15-6-3-2-4-7(9(6)10(13)14)16-5-8(11)12;1-11-7-3-2-4-8-9(7)6(10)5-12-8;1-12-6-4-2-3-5(9)7(6)8(10)11;1-3-5(6)7-4-2;1-2-7-4(6)3-5;;;;;;;;;/h5-7H,4,8H2,1-3H3;4-6,8H,3,7H2,1-2H3;2-4H,5H2,1H3,(H,11,12)(H,13,14);2-4H,5H2,1H3;2-4,9H,1H3,(H,10,11);3H,1,4H2,2H3;2-3H2,1H3;1H4;;;;1H2;;;;/q;;;;;;;;;2*+1;;;;;-1/p-1. The SMILES string of the molecule is C.C=CC(=O)OCC.CCOC(=O)CBr.CCOC(=O)COc1cccc(OC)c1C(=O)OC.CCOC(=O)Cc1coc2cccc(OC)c12.COc1cccc(O)c1C(=O)O.COc1cccc(OCC(=O)O)c1C(=O)O.COc1cccc2c1C(=O)CO2.[AlH3].[H-].[Li+].[Na+].[OH-]. The van der Waals surface area contributed by atoms with E-state index >= 15 is 0 Å². The van der Waals surface area contributed by atoms with E-state index in [4.69, 9.17) is 72.2 Å². The van der Waals surface area contributed by atoms with Gasteiger partial charge < -0.3 is 93.3 Å². The van der Waals surface area contributed by atoms with Gasteiger partial charge in [-0.1, -0.05) is 60.3 Å². The Bertz CT molecular complexity index is 3330. The van der Waals surface area contributed by atoms with Gasteiger partial charge >= 0.3 is 96.2 Å². The molecule has 0 radical (unpaired) electrons. The van der Waals surface area contributed by atoms with Crippen LogP contribution in [0.25, 0.3) is 11.0 Å². The molecule has 6 aromatic rings. The number of aromatic hydroxyl groups is 1. The minimum atomic E-state index is -1.24. The molecular weight excluding hydrogens is 1340 g/mol. The van der Waals surface area contributed by atoms with Gasteiger partial charge in [0.05, 0.1) is 87.2 Å². The van der Waals surface area contributed by atoms with Crippen molar-refractivity contribution in [2.75, 3.05) is 94.2 Å². The van der Waals surface area contributed by atoms with Gasteiger partial charge in [-0.25, -0.2) is 28.8 Å². The van der Waals surface area contributed by atoms with Crippen molar-refractivity contribution in [2.45, 2.75) is 41.5 Å². The molecule has 5 N–H and O–H groups in total. The van der Waals surface area contributed by atoms with Crippen LogP contribution in [0.2, 0.25) is 0 Å². The number of hydrogen-bond acceptors (Lipinski definition) is 25. The van der Waals surface area contributed by atoms with E-state index in [9.17, 15) is 43.2 Å². The number of ether oxygens (including phenoxy) is 13. The van der Waals surface area contributed by atoms with Crippen LogP contribution in [0.3, 0.4) is 0 Å². The number of carbonyl (C=O) groups excluding carboxylic acids is 6. The van der Waals surface area contributed by atoms with E-state index in [0.717, 1.165) is 17.0 Å². The fourth-order valence-electron chi connectivity index (χ4n) is 6.98. The Morgan fingerprint density at radius 3 is 1.47 bits per heavy atom. The first-order chi connectivity index (χ1) is 43.1. The summed E-state index contributed by atoms with van der Waals surface area (Å²) in [4.78, 5) is 97.6. The van der Waals surface area contributed by atoms with E-state index in [-0.39, 0.29) is 175 Å². The van der Waals surface area contributed by atoms with E-state index in [2.05, 4.69) is 36.7 Å². The molecule has 1 aliphatic heterocycles. The smallest absolute Gasteiger partial charge is 1.00 e. The van der Waals surface area contributed by atoms with E-state index in [1.807, 2.05) is 18.2 Å². The molecule has 1 aliphatic rings. The third-order valence-electron chi connectivity index (χ3n) is 10.7. The normalized spacial score (nSPS) is 9.53. The number of ketones is 1. The molecular formula is C63H80AlBrLiNaO28. The number of carboxylic acid groups (broad SMARTS) is 3. The molecule has 0 saturated carbocycles. The predicted molar refractivity (Wildman–Crippen MR) is 344 cm³/mol. The van der Waals surface area contributed by atoms with Crippen LogP contribution in [0.15, 0.2) is 114 Å². The Morgan fingerprint density at radius 2 is 1.02 bits per heavy atom. The number of rotatable bonds is 22. The number of fused-ring (bicyclic) bond motifs is 2. The molecule has 0 atom stereocenters. The fourth-order valence-corrected chi connectivity index (χ4v) is 7.14. The molecule has 95 heavy (non-hydrogen) atoms. The zero-order valence-corrected chi connectivity index (χ0v) is 57.0. The maximum Gasteiger partial charge on any atom is 1.00 e. The van der Waals surface area contributed by atoms with E-state index in [1.54, 1.807) is 84.6 Å². The predicted octanol–water partition coefficient (Wildman–Crippen LogP) is 2.27. The Hall–Kier alpha value is -8.42. The van der Waals surface area contributed by atoms with Crippen LogP contribution in [0, 0.1) is 0 Å². The van der Waals surface area contributed by atoms with Crippen molar-refractivity contribution < 1.29 is 185 Å². The number of benzene rings is 5. The average molecular weight is 1420 g/mol. The fraction of sp³-hybridized carbons (Fsp3) is 0.317. The van der Waals surface area contributed by atoms with Gasteiger partial charge in [-0.2, -0.15) is 0 Å². The van der Waals surface area contributed by atoms with Gasteiger partial charge in [0, 0.05) is 11.6 Å². The number of furan rings is 1. The van der Waals surface area contributed by atoms with Crippen molar-refractivity contribution in [1.82, 2.24) is 0 Å². The number of phenols is 1. The van der Waals surface area contributed by atoms with Crippen LogP contribution < -0.4 is 86.3 Å². The number of methoxy groups -OCH3 is 6. The average Bonchev–Trinajstić information content (AvgIpc) is 1.62. The second-order valence-electron chi connectivity index (χ2n) is 16.4. The second-order valence-corrected chi connectivity index (χ2v) is 17.0. The summed E-state index contributed by atoms with van der Waals surface area (Å²) < 4.78 is 68.8. The molecule has 0 fully saturated rings. The number of carbonyl (C=O) groups is 9. The van der Waals surface area contributed by atoms with Gasteiger partial charge in [0.1, 0.15) is 84.9 Å². The minimum absolute atomic E-state index is 0. The number of Topliss-reactive ketones (excluding diaryl/α,β-unsaturated/α-hetero) is 1. The number of hydrogen-bond donors (Lipinski definition) is 4. The molecule has 28 nitrogen and oxygen atoms in total. The topological polar surface area (TPSA) is 398 Å². The van der Waals surface area contributed by atoms with Crippen molar-refractivity contribution in [3.05, 3.63) is 138 Å². The molecule has 0 bridgehead atoms. The van der Waals surface area contributed by atoms with Gasteiger partial charge in [-0.15, -0.1) is 0 Å². The number of halogens is 1. The maximum absolute atomic E-state index is 11.7. The summed E-state index contributed by atoms with van der Waals surface area (Å²) in [5.41, 5.74) is 1.81. The second kappa shape index (κ2) is 53.9. The van der Waals surface area contributed by atoms with E-state index in [0.29, 0.717) is 59.3 Å². The first-order valence-corrected chi connectivity index (χ1v) is 27.6. The number of alkyl halides is 1. The first-order valence-electron chi connectivity index (χ1n) is 26.5. The number of aliphatic carboxylic acids is 1. The zero-order valence-electron chi connectivity index (χ0n) is 54.4. The third kappa shape index (κ3) is 33.5. The summed E-state index contributed by atoms with van der Waals surface area (Å²) in [5.74, 6) is -3.18. The summed E-state index contributed by atoms with van der Waals surface area (Å²) in [6, 6.07) is 24.3. The van der Waals surface area contributed by atoms with Gasteiger partial charge in [-0.3, -0.25) is 14.4 Å². The van der Waals surface area contributed by atoms with Crippen molar-refractivity contribution in [1.29, 1.82) is 0 Å². The summed E-state index contributed by atoms with van der Waals surface area (Å²) in [7, 11) is 8.49. The van der Waals surface area contributed by atoms with Crippen molar-refractivity contribution in [3.8, 4) is 51.7 Å². The van der Waals surface area contributed by atoms with Gasteiger partial charge in [0.25, 0.3) is 0 Å². The molecule has 32 heteroatoms. The monoisotopic (exact) mass is 1420 g/mol. The molecule has 0 spiro atoms. The van der Waals surface area contributed by atoms with Crippen LogP contribution in [-0.2, 0) is 54.1 Å². The molecule has 0 amide bonds. The largest absolute Gasteiger partial charge is 1.00 e. The van der Waals surface area contributed by atoms with Crippen molar-refractivity contribution >= 4 is 97.8 Å². The van der Waals surface area contributed by atoms with Crippen LogP contribution in [0.1, 0.15) is 83.5 Å². The molecule has 1 aromatic heterocycles. The Labute approximate surface area is 603 Å². The summed E-state index contributed by atoms with van der Waals surface area (Å²) in [6.45, 7) is 11.0. The van der Waals surface area contributed by atoms with E-state index < -0.39 is 36.5 Å². The molecule has 0 aliphatic carbocycles. The summed E-state index contributed by atoms with van der Waals surface area (Å²) in [6.07, 6.45) is 2.91. The third-order valence-corrected chi connectivity index (χ3v) is 11.1. The molecule has 0 saturated heterocycles. The first kappa shape index (κ1) is 95.3. The minimum Gasteiger partial charge on any atom is -1.00 e. The van der Waals surface area contributed by atoms with Crippen LogP contribution in [0.4, 0.5) is 0 Å². The molecule has 2 heterocycles. The quantitative estimate of drug-likeness (QED) is 0.0249. The van der Waals surface area contributed by atoms with Gasteiger partial charge in [0.2, 0.25) is 5.78 Å². The molecule has 7 rings (SSSR count). The van der Waals surface area contributed by atoms with Gasteiger partial charge in [-0.05, 0) is 88.4 Å². The van der Waals surface area contributed by atoms with Crippen LogP contribution in [-0.4, -0.2) is 191 Å². The summed E-state index contributed by atoms with van der Waals surface area (Å²) in [5, 5.41) is 36.3. The number of aromatic carboxylic acids is 2. The van der Waals surface area contributed by atoms with E-state index in [1.165, 1.54) is 64.8 Å². The Morgan fingerprint density at radius 1 is 0.589 bits per heavy atom. The Kier molecular flexibility index (Phi) is 54.1. The van der Waals surface area contributed by atoms with Crippen LogP contribution >= 0.6 is 15.9 Å². The maximum atomic E-state index is 11.7.